The minimum atomic E-state index is -4.22. The Hall–Kier alpha value is -1.43. The van der Waals surface area contributed by atoms with E-state index in [-0.39, 0.29) is 12.4 Å². The van der Waals surface area contributed by atoms with Crippen LogP contribution in [-0.2, 0) is 0 Å². The van der Waals surface area contributed by atoms with Gasteiger partial charge in [-0.1, -0.05) is 11.6 Å². The molecule has 18 heavy (non-hydrogen) atoms. The Kier molecular flexibility index (Phi) is 4.45. The zero-order chi connectivity index (χ0) is 13.9. The largest absolute Gasteiger partial charge is 0.390 e. The van der Waals surface area contributed by atoms with Crippen LogP contribution < -0.4 is 10.6 Å². The second kappa shape index (κ2) is 5.48. The summed E-state index contributed by atoms with van der Waals surface area (Å²) >= 11 is 5.80. The van der Waals surface area contributed by atoms with Crippen molar-refractivity contribution in [2.45, 2.75) is 12.6 Å². The van der Waals surface area contributed by atoms with Gasteiger partial charge in [0.05, 0.1) is 6.42 Å². The summed E-state index contributed by atoms with van der Waals surface area (Å²) < 4.78 is 36.5. The summed E-state index contributed by atoms with van der Waals surface area (Å²) in [5.41, 5.74) is 6.16. The minimum Gasteiger partial charge on any atom is -0.384 e. The van der Waals surface area contributed by atoms with Gasteiger partial charge in [-0.25, -0.2) is 0 Å². The van der Waals surface area contributed by atoms with Gasteiger partial charge < -0.3 is 10.6 Å². The molecule has 1 aromatic carbocycles. The van der Waals surface area contributed by atoms with Crippen molar-refractivity contribution in [3.8, 4) is 0 Å². The number of nitrogens with two attached hydrogens (primary N) is 1. The van der Waals surface area contributed by atoms with Crippen LogP contribution in [0.4, 0.5) is 18.9 Å². The Morgan fingerprint density at radius 3 is 2.56 bits per heavy atom. The first-order valence-electron chi connectivity index (χ1n) is 5.12. The van der Waals surface area contributed by atoms with Gasteiger partial charge in [0.15, 0.2) is 0 Å². The summed E-state index contributed by atoms with van der Waals surface area (Å²) in [6, 6.07) is 4.55. The number of benzene rings is 1. The summed E-state index contributed by atoms with van der Waals surface area (Å²) in [7, 11) is 1.50. The Morgan fingerprint density at radius 1 is 1.44 bits per heavy atom. The average molecular weight is 280 g/mol. The van der Waals surface area contributed by atoms with E-state index < -0.39 is 12.6 Å². The van der Waals surface area contributed by atoms with Crippen molar-refractivity contribution in [3.05, 3.63) is 28.8 Å². The van der Waals surface area contributed by atoms with Crippen molar-refractivity contribution in [3.63, 3.8) is 0 Å². The van der Waals surface area contributed by atoms with E-state index in [4.69, 9.17) is 22.7 Å². The number of amidine groups is 1. The maximum atomic E-state index is 12.2. The summed E-state index contributed by atoms with van der Waals surface area (Å²) in [6.07, 6.45) is -5.16. The molecule has 0 fully saturated rings. The molecule has 0 atom stereocenters. The number of alkyl halides is 3. The monoisotopic (exact) mass is 279 g/mol. The molecule has 0 aliphatic heterocycles. The molecule has 1 rings (SSSR count). The smallest absolute Gasteiger partial charge is 0.384 e. The molecule has 0 bridgehead atoms. The Bertz CT molecular complexity index is 446. The molecule has 3 nitrogen and oxygen atoms in total. The molecule has 0 saturated carbocycles. The average Bonchev–Trinajstić information content (AvgIpc) is 2.24. The van der Waals surface area contributed by atoms with Crippen LogP contribution in [0.3, 0.4) is 0 Å². The molecule has 0 saturated heterocycles. The molecule has 0 aliphatic carbocycles. The van der Waals surface area contributed by atoms with E-state index >= 15 is 0 Å². The highest BCUT2D eigenvalue weighted by atomic mass is 35.5. The first-order valence-corrected chi connectivity index (χ1v) is 5.50. The molecular weight excluding hydrogens is 267 g/mol. The van der Waals surface area contributed by atoms with Crippen LogP contribution >= 0.6 is 11.6 Å². The van der Waals surface area contributed by atoms with Crippen molar-refractivity contribution in [2.24, 2.45) is 5.73 Å². The molecule has 7 heteroatoms. The lowest BCUT2D eigenvalue weighted by Gasteiger charge is -2.23. The number of nitrogens with one attached hydrogen (secondary N) is 1. The lowest BCUT2D eigenvalue weighted by molar-refractivity contribution is -0.132. The van der Waals surface area contributed by atoms with Gasteiger partial charge >= 0.3 is 6.18 Å². The molecule has 0 unspecified atom stereocenters. The van der Waals surface area contributed by atoms with Crippen molar-refractivity contribution in [1.82, 2.24) is 0 Å². The summed E-state index contributed by atoms with van der Waals surface area (Å²) in [5.74, 6) is -0.208. The number of nitrogens with zero attached hydrogens (tertiary/aromatic N) is 1. The Morgan fingerprint density at radius 2 is 2.06 bits per heavy atom. The standard InChI is InChI=1S/C11H13ClF3N3/c1-18(5-4-11(13,14)15)9-6-7(12)2-3-8(9)10(16)17/h2-3,6H,4-5H2,1H3,(H3,16,17). The predicted molar refractivity (Wildman–Crippen MR) is 66.4 cm³/mol. The fraction of sp³-hybridized carbons (Fsp3) is 0.364. The van der Waals surface area contributed by atoms with E-state index in [9.17, 15) is 13.2 Å². The van der Waals surface area contributed by atoms with Crippen LogP contribution in [0.5, 0.6) is 0 Å². The maximum Gasteiger partial charge on any atom is 0.390 e. The van der Waals surface area contributed by atoms with E-state index in [1.54, 1.807) is 6.07 Å². The number of nitrogen functional groups attached to an aromatic ring is 1. The molecule has 0 aromatic heterocycles. The van der Waals surface area contributed by atoms with E-state index in [1.165, 1.54) is 24.1 Å². The molecule has 100 valence electrons. The zero-order valence-corrected chi connectivity index (χ0v) is 10.4. The van der Waals surface area contributed by atoms with Crippen LogP contribution in [0, 0.1) is 5.41 Å². The van der Waals surface area contributed by atoms with Crippen molar-refractivity contribution in [2.75, 3.05) is 18.5 Å². The Labute approximate surface area is 108 Å². The topological polar surface area (TPSA) is 53.1 Å². The van der Waals surface area contributed by atoms with Gasteiger partial charge in [0, 0.05) is 29.9 Å². The van der Waals surface area contributed by atoms with Crippen molar-refractivity contribution < 1.29 is 13.2 Å². The molecule has 1 aromatic rings. The molecule has 3 N–H and O–H groups in total. The molecule has 0 heterocycles. The van der Waals surface area contributed by atoms with E-state index in [2.05, 4.69) is 0 Å². The third-order valence-electron chi connectivity index (χ3n) is 2.39. The van der Waals surface area contributed by atoms with Gasteiger partial charge in [-0.2, -0.15) is 13.2 Å². The second-order valence-corrected chi connectivity index (χ2v) is 4.30. The van der Waals surface area contributed by atoms with Crippen LogP contribution in [0.15, 0.2) is 18.2 Å². The maximum absolute atomic E-state index is 12.2. The van der Waals surface area contributed by atoms with Gasteiger partial charge in [0.2, 0.25) is 0 Å². The van der Waals surface area contributed by atoms with Crippen LogP contribution in [0.1, 0.15) is 12.0 Å². The van der Waals surface area contributed by atoms with E-state index in [0.29, 0.717) is 16.3 Å². The van der Waals surface area contributed by atoms with Crippen LogP contribution in [0.25, 0.3) is 0 Å². The van der Waals surface area contributed by atoms with Gasteiger partial charge in [-0.15, -0.1) is 0 Å². The van der Waals surface area contributed by atoms with Crippen LogP contribution in [-0.4, -0.2) is 25.6 Å². The summed E-state index contributed by atoms with van der Waals surface area (Å²) in [4.78, 5) is 1.39. The van der Waals surface area contributed by atoms with Crippen molar-refractivity contribution >= 4 is 23.1 Å². The summed E-state index contributed by atoms with van der Waals surface area (Å²) in [6.45, 7) is -0.218. The Balaban J connectivity index is 2.93. The second-order valence-electron chi connectivity index (χ2n) is 3.86. The molecule has 0 amide bonds. The highest BCUT2D eigenvalue weighted by Crippen LogP contribution is 2.26. The van der Waals surface area contributed by atoms with Crippen molar-refractivity contribution in [1.29, 1.82) is 5.41 Å². The van der Waals surface area contributed by atoms with E-state index in [1.807, 2.05) is 0 Å². The number of anilines is 1. The normalized spacial score (nSPS) is 11.4. The SMILES string of the molecule is CN(CCC(F)(F)F)c1cc(Cl)ccc1C(=N)N. The molecular formula is C11H13ClF3N3. The summed E-state index contributed by atoms with van der Waals surface area (Å²) in [5, 5.41) is 7.76. The van der Waals surface area contributed by atoms with E-state index in [0.717, 1.165) is 0 Å². The number of hydrogen-bond acceptors (Lipinski definition) is 2. The molecule has 0 aliphatic rings. The molecule has 0 spiro atoms. The highest BCUT2D eigenvalue weighted by Gasteiger charge is 2.27. The van der Waals surface area contributed by atoms with Gasteiger partial charge in [-0.05, 0) is 18.2 Å². The van der Waals surface area contributed by atoms with Gasteiger partial charge in [0.25, 0.3) is 0 Å². The zero-order valence-electron chi connectivity index (χ0n) is 9.68. The fourth-order valence-electron chi connectivity index (χ4n) is 1.46. The number of rotatable bonds is 4. The predicted octanol–water partition coefficient (Wildman–Crippen LogP) is 3.01. The first-order chi connectivity index (χ1) is 8.20. The fourth-order valence-corrected chi connectivity index (χ4v) is 1.63. The minimum absolute atomic E-state index is 0.208. The third kappa shape index (κ3) is 4.10. The third-order valence-corrected chi connectivity index (χ3v) is 2.63. The lowest BCUT2D eigenvalue weighted by atomic mass is 10.1. The van der Waals surface area contributed by atoms with Gasteiger partial charge in [0.1, 0.15) is 5.84 Å². The lowest BCUT2D eigenvalue weighted by Crippen LogP contribution is -2.26. The molecule has 0 radical (unpaired) electrons. The number of halogens is 4. The quantitative estimate of drug-likeness (QED) is 0.657. The highest BCUT2D eigenvalue weighted by molar-refractivity contribution is 6.31. The van der Waals surface area contributed by atoms with Gasteiger partial charge in [-0.3, -0.25) is 5.41 Å². The van der Waals surface area contributed by atoms with Crippen LogP contribution in [0.2, 0.25) is 5.02 Å². The number of hydrogen-bond donors (Lipinski definition) is 2. The first kappa shape index (κ1) is 14.6.